The Balaban J connectivity index is 1.81. The van der Waals surface area contributed by atoms with E-state index in [0.29, 0.717) is 11.6 Å². The van der Waals surface area contributed by atoms with Crippen molar-refractivity contribution in [2.45, 2.75) is 24.8 Å². The highest BCUT2D eigenvalue weighted by Gasteiger charge is 2.17. The molecule has 0 saturated carbocycles. The van der Waals surface area contributed by atoms with Crippen molar-refractivity contribution in [2.75, 3.05) is 7.11 Å². The number of hydrogen-bond donors (Lipinski definition) is 0. The number of aryl methyl sites for hydroxylation is 3. The number of ether oxygens (including phenoxy) is 1. The van der Waals surface area contributed by atoms with E-state index in [9.17, 15) is 4.21 Å². The van der Waals surface area contributed by atoms with Crippen LogP contribution >= 0.6 is 0 Å². The third-order valence-corrected chi connectivity index (χ3v) is 4.94. The van der Waals surface area contributed by atoms with Gasteiger partial charge in [-0.3, -0.25) is 0 Å². The molecule has 2 heterocycles. The van der Waals surface area contributed by atoms with E-state index >= 15 is 0 Å². The lowest BCUT2D eigenvalue weighted by Crippen LogP contribution is -1.99. The van der Waals surface area contributed by atoms with Gasteiger partial charge in [0.05, 0.1) is 12.9 Å². The molecule has 7 heteroatoms. The van der Waals surface area contributed by atoms with Crippen molar-refractivity contribution in [1.29, 1.82) is 0 Å². The summed E-state index contributed by atoms with van der Waals surface area (Å²) in [7, 11) is 2.14. The van der Waals surface area contributed by atoms with Crippen LogP contribution in [0.2, 0.25) is 0 Å². The third-order valence-electron chi connectivity index (χ3n) is 3.79. The molecule has 0 N–H and O–H groups in total. The SMILES string of the molecule is COc1c(C)cc(CS(=O)c2nnc(-c3cccn3C)o2)cc1C. The molecule has 3 rings (SSSR count). The zero-order valence-electron chi connectivity index (χ0n) is 14.1. The quantitative estimate of drug-likeness (QED) is 0.711. The van der Waals surface area contributed by atoms with Crippen molar-refractivity contribution < 1.29 is 13.4 Å². The molecule has 0 bridgehead atoms. The first-order chi connectivity index (χ1) is 11.5. The van der Waals surface area contributed by atoms with Gasteiger partial charge in [-0.2, -0.15) is 0 Å². The lowest BCUT2D eigenvalue weighted by molar-refractivity contribution is 0.408. The molecule has 24 heavy (non-hydrogen) atoms. The summed E-state index contributed by atoms with van der Waals surface area (Å²) in [6.45, 7) is 3.94. The predicted molar refractivity (Wildman–Crippen MR) is 91.3 cm³/mol. The molecule has 0 aliphatic heterocycles. The molecule has 6 nitrogen and oxygen atoms in total. The van der Waals surface area contributed by atoms with Crippen molar-refractivity contribution >= 4 is 10.8 Å². The van der Waals surface area contributed by atoms with Gasteiger partial charge < -0.3 is 13.7 Å². The Morgan fingerprint density at radius 3 is 2.54 bits per heavy atom. The summed E-state index contributed by atoms with van der Waals surface area (Å²) in [4.78, 5) is 0. The lowest BCUT2D eigenvalue weighted by atomic mass is 10.1. The van der Waals surface area contributed by atoms with Crippen LogP contribution in [0.5, 0.6) is 5.75 Å². The fourth-order valence-corrected chi connectivity index (χ4v) is 3.64. The maximum Gasteiger partial charge on any atom is 0.308 e. The Hall–Kier alpha value is -2.41. The van der Waals surface area contributed by atoms with Crippen molar-refractivity contribution in [1.82, 2.24) is 14.8 Å². The second-order valence-corrected chi connectivity index (χ2v) is 6.96. The number of benzene rings is 1. The van der Waals surface area contributed by atoms with Gasteiger partial charge in [-0.15, -0.1) is 5.10 Å². The monoisotopic (exact) mass is 345 g/mol. The molecular formula is C17H19N3O3S. The molecule has 0 aliphatic carbocycles. The summed E-state index contributed by atoms with van der Waals surface area (Å²) in [6.07, 6.45) is 1.89. The van der Waals surface area contributed by atoms with Crippen LogP contribution in [-0.4, -0.2) is 26.1 Å². The van der Waals surface area contributed by atoms with Crippen LogP contribution in [0.15, 0.2) is 40.1 Å². The summed E-state index contributed by atoms with van der Waals surface area (Å²) in [5, 5.41) is 8.06. The molecule has 1 aromatic carbocycles. The topological polar surface area (TPSA) is 70.2 Å². The van der Waals surface area contributed by atoms with Gasteiger partial charge in [-0.05, 0) is 42.7 Å². The van der Waals surface area contributed by atoms with Gasteiger partial charge in [0.1, 0.15) is 22.2 Å². The molecule has 2 aromatic heterocycles. The first kappa shape index (κ1) is 16.4. The predicted octanol–water partition coefficient (Wildman–Crippen LogP) is 3.01. The van der Waals surface area contributed by atoms with E-state index in [1.165, 1.54) is 0 Å². The van der Waals surface area contributed by atoms with Crippen molar-refractivity contribution in [2.24, 2.45) is 7.05 Å². The highest BCUT2D eigenvalue weighted by Crippen LogP contribution is 2.26. The molecule has 0 radical (unpaired) electrons. The number of rotatable bonds is 5. The van der Waals surface area contributed by atoms with Crippen LogP contribution in [0.4, 0.5) is 0 Å². The fourth-order valence-electron chi connectivity index (χ4n) is 2.75. The molecule has 126 valence electrons. The molecule has 1 unspecified atom stereocenters. The van der Waals surface area contributed by atoms with Gasteiger partial charge in [-0.25, -0.2) is 4.21 Å². The van der Waals surface area contributed by atoms with Crippen molar-refractivity contribution in [3.05, 3.63) is 47.2 Å². The standard InChI is InChI=1S/C17H19N3O3S/c1-11-8-13(9-12(2)15(11)22-4)10-24(21)17-19-18-16(23-17)14-6-5-7-20(14)3/h5-9H,10H2,1-4H3. The van der Waals surface area contributed by atoms with E-state index in [1.807, 2.05) is 55.9 Å². The Bertz CT molecular complexity index is 875. The van der Waals surface area contributed by atoms with E-state index < -0.39 is 10.8 Å². The molecule has 1 atom stereocenters. The summed E-state index contributed by atoms with van der Waals surface area (Å²) in [5.74, 6) is 1.54. The first-order valence-corrected chi connectivity index (χ1v) is 8.79. The summed E-state index contributed by atoms with van der Waals surface area (Å²) in [5.41, 5.74) is 3.77. The van der Waals surface area contributed by atoms with Crippen LogP contribution in [-0.2, 0) is 23.6 Å². The average Bonchev–Trinajstić information content (AvgIpc) is 3.15. The van der Waals surface area contributed by atoms with E-state index in [2.05, 4.69) is 10.2 Å². The molecule has 0 saturated heterocycles. The molecular weight excluding hydrogens is 326 g/mol. The minimum atomic E-state index is -1.40. The van der Waals surface area contributed by atoms with Crippen LogP contribution < -0.4 is 4.74 Å². The van der Waals surface area contributed by atoms with Crippen molar-refractivity contribution in [3.63, 3.8) is 0 Å². The zero-order valence-corrected chi connectivity index (χ0v) is 14.9. The second-order valence-electron chi connectivity index (χ2n) is 5.63. The smallest absolute Gasteiger partial charge is 0.308 e. The Kier molecular flexibility index (Phi) is 4.53. The fraction of sp³-hybridized carbons (Fsp3) is 0.294. The van der Waals surface area contributed by atoms with Gasteiger partial charge in [0.25, 0.3) is 5.89 Å². The minimum Gasteiger partial charge on any atom is -0.496 e. The maximum atomic E-state index is 12.5. The van der Waals surface area contributed by atoms with Gasteiger partial charge in [0.15, 0.2) is 0 Å². The van der Waals surface area contributed by atoms with Crippen LogP contribution in [0.3, 0.4) is 0 Å². The first-order valence-electron chi connectivity index (χ1n) is 7.47. The largest absolute Gasteiger partial charge is 0.496 e. The zero-order chi connectivity index (χ0) is 17.3. The van der Waals surface area contributed by atoms with Gasteiger partial charge >= 0.3 is 5.22 Å². The van der Waals surface area contributed by atoms with Gasteiger partial charge in [0.2, 0.25) is 0 Å². The number of aromatic nitrogens is 3. The molecule has 0 amide bonds. The van der Waals surface area contributed by atoms with E-state index in [4.69, 9.17) is 9.15 Å². The Labute approximate surface area is 142 Å². The number of hydrogen-bond acceptors (Lipinski definition) is 5. The third kappa shape index (κ3) is 3.12. The highest BCUT2D eigenvalue weighted by molar-refractivity contribution is 7.84. The van der Waals surface area contributed by atoms with Gasteiger partial charge in [0, 0.05) is 13.2 Å². The Morgan fingerprint density at radius 2 is 1.96 bits per heavy atom. The van der Waals surface area contributed by atoms with E-state index in [-0.39, 0.29) is 5.22 Å². The molecule has 0 fully saturated rings. The summed E-state index contributed by atoms with van der Waals surface area (Å²) in [6, 6.07) is 7.70. The lowest BCUT2D eigenvalue weighted by Gasteiger charge is -2.10. The summed E-state index contributed by atoms with van der Waals surface area (Å²) >= 11 is 0. The van der Waals surface area contributed by atoms with Gasteiger partial charge in [-0.1, -0.05) is 17.2 Å². The normalized spacial score (nSPS) is 12.3. The van der Waals surface area contributed by atoms with Crippen molar-refractivity contribution in [3.8, 4) is 17.3 Å². The second kappa shape index (κ2) is 6.60. The van der Waals surface area contributed by atoms with Crippen LogP contribution in [0, 0.1) is 13.8 Å². The Morgan fingerprint density at radius 1 is 1.25 bits per heavy atom. The van der Waals surface area contributed by atoms with E-state index in [0.717, 1.165) is 28.1 Å². The number of methoxy groups -OCH3 is 1. The average molecular weight is 345 g/mol. The number of nitrogens with zero attached hydrogens (tertiary/aromatic N) is 3. The maximum absolute atomic E-state index is 12.5. The van der Waals surface area contributed by atoms with E-state index in [1.54, 1.807) is 7.11 Å². The highest BCUT2D eigenvalue weighted by atomic mass is 32.2. The summed E-state index contributed by atoms with van der Waals surface area (Å²) < 4.78 is 25.3. The van der Waals surface area contributed by atoms with Crippen LogP contribution in [0.25, 0.3) is 11.6 Å². The molecule has 0 aliphatic rings. The molecule has 3 aromatic rings. The minimum absolute atomic E-state index is 0.136. The van der Waals surface area contributed by atoms with Crippen LogP contribution in [0.1, 0.15) is 16.7 Å². The molecule has 0 spiro atoms.